The van der Waals surface area contributed by atoms with Crippen molar-refractivity contribution in [1.82, 2.24) is 9.38 Å². The van der Waals surface area contributed by atoms with Gasteiger partial charge in [-0.2, -0.15) is 0 Å². The van der Waals surface area contributed by atoms with Gasteiger partial charge >= 0.3 is 5.97 Å². The minimum atomic E-state index is -1.28. The molecule has 0 unspecified atom stereocenters. The number of aromatic hydroxyl groups is 1. The van der Waals surface area contributed by atoms with E-state index < -0.39 is 11.9 Å². The maximum absolute atomic E-state index is 12.5. The second-order valence-electron chi connectivity index (χ2n) is 6.16. The maximum atomic E-state index is 12.5. The molecule has 138 valence electrons. The summed E-state index contributed by atoms with van der Waals surface area (Å²) in [6.07, 6.45) is 3.62. The number of fused-ring (bicyclic) bond motifs is 1. The number of carboxylic acids is 1. The molecule has 7 nitrogen and oxygen atoms in total. The van der Waals surface area contributed by atoms with Crippen LogP contribution >= 0.6 is 0 Å². The summed E-state index contributed by atoms with van der Waals surface area (Å²) in [5, 5.41) is 21.3. The van der Waals surface area contributed by atoms with Gasteiger partial charge in [-0.05, 0) is 30.3 Å². The number of aromatic carboxylic acids is 1. The van der Waals surface area contributed by atoms with E-state index in [1.807, 2.05) is 40.9 Å². The summed E-state index contributed by atoms with van der Waals surface area (Å²) in [5.41, 5.74) is 2.75. The highest BCUT2D eigenvalue weighted by molar-refractivity contribution is 6.05. The van der Waals surface area contributed by atoms with Crippen molar-refractivity contribution in [2.24, 2.45) is 0 Å². The first-order valence-corrected chi connectivity index (χ1v) is 8.43. The highest BCUT2D eigenvalue weighted by atomic mass is 16.4. The number of phenols is 1. The lowest BCUT2D eigenvalue weighted by Crippen LogP contribution is -2.12. The zero-order chi connectivity index (χ0) is 19.7. The predicted octanol–water partition coefficient (Wildman–Crippen LogP) is 3.66. The van der Waals surface area contributed by atoms with Crippen LogP contribution in [0.25, 0.3) is 16.9 Å². The molecule has 4 rings (SSSR count). The van der Waals surface area contributed by atoms with Crippen LogP contribution in [0.2, 0.25) is 0 Å². The van der Waals surface area contributed by atoms with Gasteiger partial charge < -0.3 is 19.9 Å². The summed E-state index contributed by atoms with van der Waals surface area (Å²) < 4.78 is 1.82. The van der Waals surface area contributed by atoms with Crippen LogP contribution in [-0.2, 0) is 0 Å². The molecule has 7 heteroatoms. The van der Waals surface area contributed by atoms with Gasteiger partial charge in [0.15, 0.2) is 0 Å². The van der Waals surface area contributed by atoms with Crippen LogP contribution in [-0.4, -0.2) is 31.5 Å². The Balaban J connectivity index is 1.61. The number of imidazole rings is 1. The Labute approximate surface area is 159 Å². The molecule has 0 radical (unpaired) electrons. The van der Waals surface area contributed by atoms with Crippen molar-refractivity contribution in [2.45, 2.75) is 0 Å². The van der Waals surface area contributed by atoms with Crippen LogP contribution in [0.3, 0.4) is 0 Å². The lowest BCUT2D eigenvalue weighted by atomic mass is 10.1. The molecule has 0 spiro atoms. The molecular weight excluding hydrogens is 358 g/mol. The summed E-state index contributed by atoms with van der Waals surface area (Å²) in [7, 11) is 0. The lowest BCUT2D eigenvalue weighted by molar-refractivity contribution is 0.0693. The molecule has 28 heavy (non-hydrogen) atoms. The Hall–Kier alpha value is -4.13. The van der Waals surface area contributed by atoms with E-state index in [-0.39, 0.29) is 17.0 Å². The molecule has 0 saturated heterocycles. The minimum Gasteiger partial charge on any atom is -0.507 e. The molecule has 2 aromatic heterocycles. The van der Waals surface area contributed by atoms with E-state index in [1.54, 1.807) is 18.3 Å². The van der Waals surface area contributed by atoms with E-state index in [1.165, 1.54) is 18.2 Å². The topological polar surface area (TPSA) is 104 Å². The molecule has 1 amide bonds. The van der Waals surface area contributed by atoms with Gasteiger partial charge in [-0.15, -0.1) is 0 Å². The molecule has 4 aromatic rings. The summed E-state index contributed by atoms with van der Waals surface area (Å²) in [6, 6.07) is 16.9. The molecule has 0 fully saturated rings. The molecule has 2 aromatic carbocycles. The van der Waals surface area contributed by atoms with Crippen molar-refractivity contribution < 1.29 is 19.8 Å². The zero-order valence-corrected chi connectivity index (χ0v) is 14.5. The fourth-order valence-electron chi connectivity index (χ4n) is 2.86. The number of pyridine rings is 1. The number of rotatable bonds is 4. The number of nitrogens with zero attached hydrogens (tertiary/aromatic N) is 2. The largest absolute Gasteiger partial charge is 0.507 e. The Bertz CT molecular complexity index is 1200. The van der Waals surface area contributed by atoms with Gasteiger partial charge in [-0.3, -0.25) is 4.79 Å². The number of carboxylic acid groups (broad SMARTS) is 1. The quantitative estimate of drug-likeness (QED) is 0.474. The number of nitrogens with one attached hydrogen (secondary N) is 1. The first-order chi connectivity index (χ1) is 13.5. The van der Waals surface area contributed by atoms with E-state index in [0.29, 0.717) is 11.2 Å². The SMILES string of the molecule is O=C(Nc1ccc(O)c(C(=O)O)c1)c1ccn2cc(-c3ccccc3)nc2c1. The fraction of sp³-hybridized carbons (Fsp3) is 0. The van der Waals surface area contributed by atoms with Crippen LogP contribution in [0.1, 0.15) is 20.7 Å². The summed E-state index contributed by atoms with van der Waals surface area (Å²) in [6.45, 7) is 0. The summed E-state index contributed by atoms with van der Waals surface area (Å²) in [4.78, 5) is 28.2. The fourth-order valence-corrected chi connectivity index (χ4v) is 2.86. The number of carbonyl (C=O) groups excluding carboxylic acids is 1. The average Bonchev–Trinajstić information content (AvgIpc) is 3.13. The molecule has 0 aliphatic carbocycles. The van der Waals surface area contributed by atoms with Gasteiger partial charge in [0.1, 0.15) is 17.0 Å². The van der Waals surface area contributed by atoms with E-state index in [4.69, 9.17) is 5.11 Å². The van der Waals surface area contributed by atoms with Gasteiger partial charge in [-0.25, -0.2) is 9.78 Å². The van der Waals surface area contributed by atoms with Gasteiger partial charge in [0, 0.05) is 29.2 Å². The molecule has 0 aliphatic rings. The molecule has 0 saturated carbocycles. The smallest absolute Gasteiger partial charge is 0.339 e. The van der Waals surface area contributed by atoms with Gasteiger partial charge in [0.25, 0.3) is 5.91 Å². The second kappa shape index (κ2) is 6.88. The molecule has 2 heterocycles. The summed E-state index contributed by atoms with van der Waals surface area (Å²) >= 11 is 0. The van der Waals surface area contributed by atoms with E-state index in [0.717, 1.165) is 11.3 Å². The lowest BCUT2D eigenvalue weighted by Gasteiger charge is -2.07. The monoisotopic (exact) mass is 373 g/mol. The predicted molar refractivity (Wildman–Crippen MR) is 104 cm³/mol. The van der Waals surface area contributed by atoms with E-state index >= 15 is 0 Å². The number of carbonyl (C=O) groups is 2. The van der Waals surface area contributed by atoms with Crippen molar-refractivity contribution >= 4 is 23.2 Å². The first kappa shape index (κ1) is 17.3. The van der Waals surface area contributed by atoms with Crippen LogP contribution in [0.4, 0.5) is 5.69 Å². The number of aromatic nitrogens is 2. The molecular formula is C21H15N3O4. The zero-order valence-electron chi connectivity index (χ0n) is 14.5. The highest BCUT2D eigenvalue weighted by Gasteiger charge is 2.13. The van der Waals surface area contributed by atoms with E-state index in [2.05, 4.69) is 10.3 Å². The molecule has 3 N–H and O–H groups in total. The van der Waals surface area contributed by atoms with Crippen LogP contribution in [0.15, 0.2) is 73.1 Å². The minimum absolute atomic E-state index is 0.272. The Morgan fingerprint density at radius 1 is 1.00 bits per heavy atom. The third-order valence-corrected chi connectivity index (χ3v) is 4.28. The van der Waals surface area contributed by atoms with Crippen molar-refractivity contribution in [2.75, 3.05) is 5.32 Å². The summed E-state index contributed by atoms with van der Waals surface area (Å²) in [5.74, 6) is -2.05. The maximum Gasteiger partial charge on any atom is 0.339 e. The standard InChI is InChI=1S/C21H15N3O4/c25-18-7-6-15(11-16(18)21(27)28)22-20(26)14-8-9-24-12-17(23-19(24)10-14)13-4-2-1-3-5-13/h1-12,25H,(H,22,26)(H,27,28). The first-order valence-electron chi connectivity index (χ1n) is 8.43. The molecule has 0 atom stereocenters. The van der Waals surface area contributed by atoms with Crippen LogP contribution < -0.4 is 5.32 Å². The Morgan fingerprint density at radius 2 is 1.79 bits per heavy atom. The van der Waals surface area contributed by atoms with Crippen LogP contribution in [0, 0.1) is 0 Å². The van der Waals surface area contributed by atoms with Gasteiger partial charge in [0.2, 0.25) is 0 Å². The number of hydrogen-bond donors (Lipinski definition) is 3. The van der Waals surface area contributed by atoms with Crippen molar-refractivity contribution in [3.63, 3.8) is 0 Å². The van der Waals surface area contributed by atoms with E-state index in [9.17, 15) is 14.7 Å². The van der Waals surface area contributed by atoms with Gasteiger partial charge in [0.05, 0.1) is 5.69 Å². The van der Waals surface area contributed by atoms with Crippen molar-refractivity contribution in [1.29, 1.82) is 0 Å². The molecule has 0 bridgehead atoms. The average molecular weight is 373 g/mol. The highest BCUT2D eigenvalue weighted by Crippen LogP contribution is 2.23. The second-order valence-corrected chi connectivity index (χ2v) is 6.16. The molecule has 0 aliphatic heterocycles. The van der Waals surface area contributed by atoms with Crippen LogP contribution in [0.5, 0.6) is 5.75 Å². The van der Waals surface area contributed by atoms with Crippen molar-refractivity contribution in [3.8, 4) is 17.0 Å². The number of anilines is 1. The van der Waals surface area contributed by atoms with Gasteiger partial charge in [-0.1, -0.05) is 30.3 Å². The Kier molecular flexibility index (Phi) is 4.25. The van der Waals surface area contributed by atoms with Crippen molar-refractivity contribution in [3.05, 3.63) is 84.2 Å². The third kappa shape index (κ3) is 3.28. The number of hydrogen-bond acceptors (Lipinski definition) is 4. The number of amides is 1. The third-order valence-electron chi connectivity index (χ3n) is 4.28. The number of benzene rings is 2. The normalized spacial score (nSPS) is 10.7. The Morgan fingerprint density at radius 3 is 2.54 bits per heavy atom.